The molecular formula is C19H16F6N2O3. The normalized spacial score (nSPS) is 11.8. The zero-order chi connectivity index (χ0) is 22.5. The van der Waals surface area contributed by atoms with Gasteiger partial charge in [-0.1, -0.05) is 12.1 Å². The van der Waals surface area contributed by atoms with Crippen molar-refractivity contribution in [3.05, 3.63) is 64.7 Å². The average Bonchev–Trinajstić information content (AvgIpc) is 2.66. The molecule has 2 rings (SSSR count). The van der Waals surface area contributed by atoms with Crippen molar-refractivity contribution < 1.29 is 40.7 Å². The second-order valence-electron chi connectivity index (χ2n) is 6.04. The number of benzene rings is 2. The number of hydrogen-bond acceptors (Lipinski definition) is 3. The van der Waals surface area contributed by atoms with Gasteiger partial charge < -0.3 is 15.4 Å². The highest BCUT2D eigenvalue weighted by Crippen LogP contribution is 2.36. The van der Waals surface area contributed by atoms with Crippen molar-refractivity contribution in [3.63, 3.8) is 0 Å². The Hall–Kier alpha value is -3.08. The Morgan fingerprint density at radius 2 is 1.47 bits per heavy atom. The van der Waals surface area contributed by atoms with E-state index in [2.05, 4.69) is 10.6 Å². The minimum atomic E-state index is -5.09. The highest BCUT2D eigenvalue weighted by Gasteiger charge is 2.37. The van der Waals surface area contributed by atoms with E-state index >= 15 is 0 Å². The van der Waals surface area contributed by atoms with Crippen molar-refractivity contribution >= 4 is 17.5 Å². The maximum atomic E-state index is 13.0. The van der Waals surface area contributed by atoms with E-state index < -0.39 is 40.9 Å². The van der Waals surface area contributed by atoms with Crippen LogP contribution in [-0.4, -0.2) is 32.1 Å². The van der Waals surface area contributed by atoms with Gasteiger partial charge in [0.25, 0.3) is 11.8 Å². The summed E-state index contributed by atoms with van der Waals surface area (Å²) in [7, 11) is 1.42. The Balaban J connectivity index is 2.36. The fraction of sp³-hybridized carbons (Fsp3) is 0.263. The van der Waals surface area contributed by atoms with E-state index in [0.717, 1.165) is 0 Å². The van der Waals surface area contributed by atoms with Crippen LogP contribution in [0.5, 0.6) is 0 Å². The zero-order valence-corrected chi connectivity index (χ0v) is 15.4. The third kappa shape index (κ3) is 5.96. The van der Waals surface area contributed by atoms with Crippen LogP contribution in [0.1, 0.15) is 31.8 Å². The van der Waals surface area contributed by atoms with Crippen LogP contribution in [0.4, 0.5) is 32.0 Å². The maximum absolute atomic E-state index is 13.0. The number of rotatable bonds is 6. The molecule has 2 aromatic carbocycles. The van der Waals surface area contributed by atoms with Gasteiger partial charge in [0.15, 0.2) is 0 Å². The van der Waals surface area contributed by atoms with E-state index in [-0.39, 0.29) is 30.5 Å². The van der Waals surface area contributed by atoms with Crippen molar-refractivity contribution in [3.8, 4) is 0 Å². The molecule has 2 amide bonds. The molecule has 11 heteroatoms. The standard InChI is InChI=1S/C19H16F6N2O3/c1-30-7-6-26-17(29)14-4-2-3-5-15(14)27-16(28)11-8-12(18(20,21)22)10-13(9-11)19(23,24)25/h2-5,8-10H,6-7H2,1H3,(H,26,29)(H,27,28). The van der Waals surface area contributed by atoms with Crippen LogP contribution in [-0.2, 0) is 17.1 Å². The number of carbonyl (C=O) groups excluding carboxylic acids is 2. The van der Waals surface area contributed by atoms with Gasteiger partial charge in [0.1, 0.15) is 0 Å². The van der Waals surface area contributed by atoms with Gasteiger partial charge >= 0.3 is 12.4 Å². The van der Waals surface area contributed by atoms with Crippen LogP contribution in [0.3, 0.4) is 0 Å². The highest BCUT2D eigenvalue weighted by atomic mass is 19.4. The fourth-order valence-electron chi connectivity index (χ4n) is 2.43. The van der Waals surface area contributed by atoms with Gasteiger partial charge in [-0.2, -0.15) is 26.3 Å². The van der Waals surface area contributed by atoms with Gasteiger partial charge in [0, 0.05) is 19.2 Å². The molecule has 0 atom stereocenters. The quantitative estimate of drug-likeness (QED) is 0.525. The molecule has 0 aliphatic rings. The maximum Gasteiger partial charge on any atom is 0.416 e. The number of ether oxygens (including phenoxy) is 1. The summed E-state index contributed by atoms with van der Waals surface area (Å²) in [6.07, 6.45) is -10.2. The fourth-order valence-corrected chi connectivity index (χ4v) is 2.43. The Bertz CT molecular complexity index is 893. The lowest BCUT2D eigenvalue weighted by Crippen LogP contribution is -2.28. The number of methoxy groups -OCH3 is 1. The van der Waals surface area contributed by atoms with E-state index in [1.807, 2.05) is 0 Å². The minimum absolute atomic E-state index is 0.0232. The molecule has 0 aliphatic heterocycles. The molecule has 0 saturated carbocycles. The molecule has 0 unspecified atom stereocenters. The molecule has 0 spiro atoms. The number of halogens is 6. The van der Waals surface area contributed by atoms with E-state index in [1.54, 1.807) is 0 Å². The Kier molecular flexibility index (Phi) is 7.08. The number of para-hydroxylation sites is 1. The van der Waals surface area contributed by atoms with Crippen LogP contribution >= 0.6 is 0 Å². The molecule has 0 bridgehead atoms. The summed E-state index contributed by atoms with van der Waals surface area (Å²) in [4.78, 5) is 24.6. The molecule has 0 saturated heterocycles. The summed E-state index contributed by atoms with van der Waals surface area (Å²) in [5.41, 5.74) is -4.19. The van der Waals surface area contributed by atoms with Gasteiger partial charge in [-0.05, 0) is 30.3 Å². The highest BCUT2D eigenvalue weighted by molar-refractivity contribution is 6.09. The third-order valence-electron chi connectivity index (χ3n) is 3.86. The van der Waals surface area contributed by atoms with Gasteiger partial charge in [-0.3, -0.25) is 9.59 Å². The first-order valence-electron chi connectivity index (χ1n) is 8.40. The lowest BCUT2D eigenvalue weighted by Gasteiger charge is -2.15. The van der Waals surface area contributed by atoms with E-state index in [0.29, 0.717) is 12.1 Å². The van der Waals surface area contributed by atoms with Crippen LogP contribution in [0.15, 0.2) is 42.5 Å². The summed E-state index contributed by atoms with van der Waals surface area (Å²) in [5.74, 6) is -1.84. The molecule has 2 N–H and O–H groups in total. The number of carbonyl (C=O) groups is 2. The average molecular weight is 434 g/mol. The lowest BCUT2D eigenvalue weighted by atomic mass is 10.0. The first kappa shape index (κ1) is 23.2. The summed E-state index contributed by atoms with van der Waals surface area (Å²) in [5, 5.41) is 4.69. The molecule has 2 aromatic rings. The summed E-state index contributed by atoms with van der Waals surface area (Å²) < 4.78 is 82.7. The van der Waals surface area contributed by atoms with Crippen LogP contribution in [0, 0.1) is 0 Å². The molecule has 0 aliphatic carbocycles. The predicted molar refractivity (Wildman–Crippen MR) is 95.1 cm³/mol. The van der Waals surface area contributed by atoms with Gasteiger partial charge in [0.2, 0.25) is 0 Å². The number of nitrogens with one attached hydrogen (secondary N) is 2. The van der Waals surface area contributed by atoms with Crippen molar-refractivity contribution in [2.45, 2.75) is 12.4 Å². The summed E-state index contributed by atoms with van der Waals surface area (Å²) >= 11 is 0. The van der Waals surface area contributed by atoms with Crippen molar-refractivity contribution in [1.29, 1.82) is 0 Å². The summed E-state index contributed by atoms with van der Waals surface area (Å²) in [6, 6.07) is 6.10. The van der Waals surface area contributed by atoms with Crippen molar-refractivity contribution in [1.82, 2.24) is 5.32 Å². The summed E-state index contributed by atoms with van der Waals surface area (Å²) in [6.45, 7) is 0.366. The lowest BCUT2D eigenvalue weighted by molar-refractivity contribution is -0.143. The second-order valence-corrected chi connectivity index (χ2v) is 6.04. The number of alkyl halides is 6. The minimum Gasteiger partial charge on any atom is -0.383 e. The largest absolute Gasteiger partial charge is 0.416 e. The van der Waals surface area contributed by atoms with E-state index in [1.165, 1.54) is 31.4 Å². The second kappa shape index (κ2) is 9.16. The first-order chi connectivity index (χ1) is 13.9. The van der Waals surface area contributed by atoms with Crippen molar-refractivity contribution in [2.75, 3.05) is 25.6 Å². The zero-order valence-electron chi connectivity index (χ0n) is 15.4. The first-order valence-corrected chi connectivity index (χ1v) is 8.40. The Morgan fingerprint density at radius 3 is 2.00 bits per heavy atom. The van der Waals surface area contributed by atoms with E-state index in [9.17, 15) is 35.9 Å². The number of hydrogen-bond donors (Lipinski definition) is 2. The van der Waals surface area contributed by atoms with Crippen LogP contribution in [0.25, 0.3) is 0 Å². The smallest absolute Gasteiger partial charge is 0.383 e. The number of anilines is 1. The molecule has 5 nitrogen and oxygen atoms in total. The molecule has 0 aromatic heterocycles. The Morgan fingerprint density at radius 1 is 0.900 bits per heavy atom. The molecule has 0 heterocycles. The third-order valence-corrected chi connectivity index (χ3v) is 3.86. The Labute approximate surface area is 167 Å². The van der Waals surface area contributed by atoms with E-state index in [4.69, 9.17) is 4.74 Å². The van der Waals surface area contributed by atoms with Gasteiger partial charge in [-0.25, -0.2) is 0 Å². The molecule has 162 valence electrons. The molecule has 0 radical (unpaired) electrons. The predicted octanol–water partition coefficient (Wildman–Crippen LogP) is 4.35. The van der Waals surface area contributed by atoms with Crippen molar-refractivity contribution in [2.24, 2.45) is 0 Å². The SMILES string of the molecule is COCCNC(=O)c1ccccc1NC(=O)c1cc(C(F)(F)F)cc(C(F)(F)F)c1. The monoisotopic (exact) mass is 434 g/mol. The topological polar surface area (TPSA) is 67.4 Å². The van der Waals surface area contributed by atoms with Gasteiger partial charge in [-0.15, -0.1) is 0 Å². The van der Waals surface area contributed by atoms with Crippen LogP contribution in [0.2, 0.25) is 0 Å². The molecule has 30 heavy (non-hydrogen) atoms. The molecule has 0 fully saturated rings. The molecular weight excluding hydrogens is 418 g/mol. The van der Waals surface area contributed by atoms with Gasteiger partial charge in [0.05, 0.1) is 29.0 Å². The van der Waals surface area contributed by atoms with Crippen LogP contribution < -0.4 is 10.6 Å². The number of amides is 2.